The van der Waals surface area contributed by atoms with E-state index in [-0.39, 0.29) is 0 Å². The molecule has 1 heterocycles. The van der Waals surface area contributed by atoms with Crippen molar-refractivity contribution in [2.75, 3.05) is 14.2 Å². The first-order chi connectivity index (χ1) is 15.6. The predicted molar refractivity (Wildman–Crippen MR) is 134 cm³/mol. The fourth-order valence-electron chi connectivity index (χ4n) is 3.34. The third kappa shape index (κ3) is 4.89. The summed E-state index contributed by atoms with van der Waals surface area (Å²) in [6.45, 7) is 4.39. The van der Waals surface area contributed by atoms with Gasteiger partial charge in [-0.2, -0.15) is 0 Å². The van der Waals surface area contributed by atoms with Crippen molar-refractivity contribution in [1.82, 2.24) is 4.98 Å². The molecular formula is C27H26N2O2S. The Kier molecular flexibility index (Phi) is 6.66. The molecule has 0 saturated heterocycles. The van der Waals surface area contributed by atoms with Gasteiger partial charge in [0.1, 0.15) is 11.5 Å². The molecule has 162 valence electrons. The van der Waals surface area contributed by atoms with Crippen LogP contribution in [-0.4, -0.2) is 25.4 Å². The highest BCUT2D eigenvalue weighted by Crippen LogP contribution is 2.41. The van der Waals surface area contributed by atoms with Crippen LogP contribution in [0.1, 0.15) is 30.9 Å². The van der Waals surface area contributed by atoms with E-state index >= 15 is 0 Å². The molecule has 0 saturated carbocycles. The van der Waals surface area contributed by atoms with E-state index in [1.54, 1.807) is 25.6 Å². The van der Waals surface area contributed by atoms with Crippen LogP contribution in [0.5, 0.6) is 11.5 Å². The summed E-state index contributed by atoms with van der Waals surface area (Å²) >= 11 is 1.58. The summed E-state index contributed by atoms with van der Waals surface area (Å²) < 4.78 is 10.6. The van der Waals surface area contributed by atoms with E-state index in [1.807, 2.05) is 42.6 Å². The van der Waals surface area contributed by atoms with E-state index in [1.165, 1.54) is 5.56 Å². The molecule has 0 N–H and O–H groups in total. The van der Waals surface area contributed by atoms with Gasteiger partial charge in [0.2, 0.25) is 5.13 Å². The molecule has 0 amide bonds. The Hall–Kier alpha value is -3.44. The zero-order valence-corrected chi connectivity index (χ0v) is 19.5. The maximum atomic E-state index is 5.31. The number of ether oxygens (including phenoxy) is 2. The van der Waals surface area contributed by atoms with Crippen molar-refractivity contribution in [3.8, 4) is 33.2 Å². The number of methoxy groups -OCH3 is 2. The fourth-order valence-corrected chi connectivity index (χ4v) is 4.28. The van der Waals surface area contributed by atoms with Crippen molar-refractivity contribution >= 4 is 22.7 Å². The van der Waals surface area contributed by atoms with Gasteiger partial charge in [0.15, 0.2) is 0 Å². The van der Waals surface area contributed by atoms with Crippen LogP contribution in [0.4, 0.5) is 5.13 Å². The predicted octanol–water partition coefficient (Wildman–Crippen LogP) is 7.37. The smallest absolute Gasteiger partial charge is 0.210 e. The Bertz CT molecular complexity index is 1130. The first-order valence-electron chi connectivity index (χ1n) is 10.5. The Labute approximate surface area is 193 Å². The van der Waals surface area contributed by atoms with E-state index in [4.69, 9.17) is 14.5 Å². The van der Waals surface area contributed by atoms with Gasteiger partial charge < -0.3 is 9.47 Å². The number of hydrogen-bond donors (Lipinski definition) is 0. The summed E-state index contributed by atoms with van der Waals surface area (Å²) in [5.41, 5.74) is 5.39. The summed E-state index contributed by atoms with van der Waals surface area (Å²) in [4.78, 5) is 10.6. The number of aliphatic imine (C=N–C) groups is 1. The molecule has 4 rings (SSSR count). The standard InChI is InChI=1S/C27H26N2O2S/c1-18(2)20-7-5-19(6-8-20)17-28-27-29-25(21-9-13-23(30-3)14-10-21)26(32-27)22-11-15-24(31-4)16-12-22/h5-18H,1-4H3. The van der Waals surface area contributed by atoms with Crippen molar-refractivity contribution in [3.63, 3.8) is 0 Å². The first-order valence-corrected chi connectivity index (χ1v) is 11.3. The topological polar surface area (TPSA) is 43.7 Å². The number of thiazole rings is 1. The van der Waals surface area contributed by atoms with Gasteiger partial charge >= 0.3 is 0 Å². The maximum absolute atomic E-state index is 5.31. The van der Waals surface area contributed by atoms with Crippen LogP contribution >= 0.6 is 11.3 Å². The molecule has 0 aliphatic rings. The third-order valence-electron chi connectivity index (χ3n) is 5.26. The molecule has 0 bridgehead atoms. The Balaban J connectivity index is 1.70. The van der Waals surface area contributed by atoms with Gasteiger partial charge in [-0.25, -0.2) is 9.98 Å². The van der Waals surface area contributed by atoms with E-state index < -0.39 is 0 Å². The SMILES string of the molecule is COc1ccc(-c2nc(N=Cc3ccc(C(C)C)cc3)sc2-c2ccc(OC)cc2)cc1. The molecule has 0 fully saturated rings. The molecular weight excluding hydrogens is 416 g/mol. The van der Waals surface area contributed by atoms with E-state index in [0.29, 0.717) is 5.92 Å². The van der Waals surface area contributed by atoms with Crippen molar-refractivity contribution in [3.05, 3.63) is 83.9 Å². The van der Waals surface area contributed by atoms with Crippen molar-refractivity contribution in [2.24, 2.45) is 4.99 Å². The van der Waals surface area contributed by atoms with Crippen LogP contribution in [0.2, 0.25) is 0 Å². The van der Waals surface area contributed by atoms with E-state index in [9.17, 15) is 0 Å². The van der Waals surface area contributed by atoms with Crippen LogP contribution in [-0.2, 0) is 0 Å². The molecule has 0 spiro atoms. The molecule has 0 aliphatic heterocycles. The highest BCUT2D eigenvalue weighted by molar-refractivity contribution is 7.19. The summed E-state index contributed by atoms with van der Waals surface area (Å²) in [5, 5.41) is 0.717. The largest absolute Gasteiger partial charge is 0.497 e. The lowest BCUT2D eigenvalue weighted by Crippen LogP contribution is -1.88. The molecule has 32 heavy (non-hydrogen) atoms. The Morgan fingerprint density at radius 2 is 1.34 bits per heavy atom. The minimum absolute atomic E-state index is 0.513. The summed E-state index contributed by atoms with van der Waals surface area (Å²) in [6.07, 6.45) is 1.87. The molecule has 0 atom stereocenters. The van der Waals surface area contributed by atoms with Gasteiger partial charge in [-0.1, -0.05) is 49.4 Å². The summed E-state index contributed by atoms with van der Waals surface area (Å²) in [7, 11) is 3.34. The average Bonchev–Trinajstić information content (AvgIpc) is 3.27. The summed E-state index contributed by atoms with van der Waals surface area (Å²) in [6, 6.07) is 24.5. The average molecular weight is 443 g/mol. The van der Waals surface area contributed by atoms with Gasteiger partial charge in [-0.15, -0.1) is 0 Å². The fraction of sp³-hybridized carbons (Fsp3) is 0.185. The van der Waals surface area contributed by atoms with Gasteiger partial charge in [0, 0.05) is 11.8 Å². The monoisotopic (exact) mass is 442 g/mol. The quantitative estimate of drug-likeness (QED) is 0.281. The number of rotatable bonds is 7. The Morgan fingerprint density at radius 1 is 0.781 bits per heavy atom. The molecule has 0 radical (unpaired) electrons. The van der Waals surface area contributed by atoms with E-state index in [2.05, 4.69) is 55.2 Å². The number of nitrogens with zero attached hydrogens (tertiary/aromatic N) is 2. The highest BCUT2D eigenvalue weighted by atomic mass is 32.1. The number of hydrogen-bond acceptors (Lipinski definition) is 5. The van der Waals surface area contributed by atoms with Gasteiger partial charge in [-0.05, 0) is 71.1 Å². The van der Waals surface area contributed by atoms with Crippen molar-refractivity contribution in [2.45, 2.75) is 19.8 Å². The molecule has 0 unspecified atom stereocenters. The van der Waals surface area contributed by atoms with Crippen LogP contribution in [0.15, 0.2) is 77.8 Å². The lowest BCUT2D eigenvalue weighted by Gasteiger charge is -2.05. The second kappa shape index (κ2) is 9.79. The lowest BCUT2D eigenvalue weighted by atomic mass is 10.0. The third-order valence-corrected chi connectivity index (χ3v) is 6.27. The molecule has 5 heteroatoms. The number of benzene rings is 3. The zero-order valence-electron chi connectivity index (χ0n) is 18.7. The molecule has 1 aromatic heterocycles. The second-order valence-corrected chi connectivity index (χ2v) is 8.69. The highest BCUT2D eigenvalue weighted by Gasteiger charge is 2.15. The Morgan fingerprint density at radius 3 is 1.88 bits per heavy atom. The van der Waals surface area contributed by atoms with E-state index in [0.717, 1.165) is 43.9 Å². The van der Waals surface area contributed by atoms with Crippen LogP contribution in [0.3, 0.4) is 0 Å². The van der Waals surface area contributed by atoms with Crippen LogP contribution in [0.25, 0.3) is 21.7 Å². The van der Waals surface area contributed by atoms with Gasteiger partial charge in [0.05, 0.1) is 24.8 Å². The van der Waals surface area contributed by atoms with Crippen LogP contribution in [0, 0.1) is 0 Å². The van der Waals surface area contributed by atoms with Crippen molar-refractivity contribution < 1.29 is 9.47 Å². The molecule has 4 nitrogen and oxygen atoms in total. The molecule has 3 aromatic carbocycles. The second-order valence-electron chi connectivity index (χ2n) is 7.71. The molecule has 4 aromatic rings. The summed E-state index contributed by atoms with van der Waals surface area (Å²) in [5.74, 6) is 2.16. The number of aromatic nitrogens is 1. The zero-order chi connectivity index (χ0) is 22.5. The minimum atomic E-state index is 0.513. The minimum Gasteiger partial charge on any atom is -0.497 e. The molecule has 0 aliphatic carbocycles. The first kappa shape index (κ1) is 21.8. The normalized spacial score (nSPS) is 11.3. The lowest BCUT2D eigenvalue weighted by molar-refractivity contribution is 0.414. The van der Waals surface area contributed by atoms with Crippen molar-refractivity contribution in [1.29, 1.82) is 0 Å². The van der Waals surface area contributed by atoms with Crippen LogP contribution < -0.4 is 9.47 Å². The van der Waals surface area contributed by atoms with Gasteiger partial charge in [-0.3, -0.25) is 0 Å². The maximum Gasteiger partial charge on any atom is 0.210 e. The van der Waals surface area contributed by atoms with Gasteiger partial charge in [0.25, 0.3) is 0 Å².